The minimum Gasteiger partial charge on any atom is -0.396 e. The summed E-state index contributed by atoms with van der Waals surface area (Å²) < 4.78 is 1.87. The molecule has 0 fully saturated rings. The van der Waals surface area contributed by atoms with Crippen LogP contribution in [0.4, 0.5) is 0 Å². The Labute approximate surface area is 84.9 Å². The van der Waals surface area contributed by atoms with Crippen LogP contribution < -0.4 is 5.32 Å². The molecule has 0 bridgehead atoms. The van der Waals surface area contributed by atoms with Crippen LogP contribution in [0.5, 0.6) is 0 Å². The molecule has 0 aliphatic heterocycles. The number of aryl methyl sites for hydroxylation is 1. The van der Waals surface area contributed by atoms with E-state index in [2.05, 4.69) is 17.3 Å². The molecule has 1 heterocycles. The molecule has 4 nitrogen and oxygen atoms in total. The van der Waals surface area contributed by atoms with E-state index in [-0.39, 0.29) is 6.61 Å². The minimum atomic E-state index is 0.235. The second kappa shape index (κ2) is 5.12. The first kappa shape index (κ1) is 11.2. The predicted octanol–water partition coefficient (Wildman–Crippen LogP) is 0.447. The summed E-state index contributed by atoms with van der Waals surface area (Å²) in [5.41, 5.74) is 2.41. The van der Waals surface area contributed by atoms with E-state index in [1.54, 1.807) is 0 Å². The molecule has 0 spiro atoms. The first-order chi connectivity index (χ1) is 6.65. The molecule has 0 radical (unpaired) electrons. The third-order valence-electron chi connectivity index (χ3n) is 2.46. The SMILES string of the molecule is Cc1c(CNCC(C)CO)cnn1C. The van der Waals surface area contributed by atoms with Crippen molar-refractivity contribution in [2.75, 3.05) is 13.2 Å². The Morgan fingerprint density at radius 3 is 2.86 bits per heavy atom. The van der Waals surface area contributed by atoms with Gasteiger partial charge in [0.25, 0.3) is 0 Å². The highest BCUT2D eigenvalue weighted by Crippen LogP contribution is 2.04. The molecular formula is C10H19N3O. The van der Waals surface area contributed by atoms with Crippen molar-refractivity contribution >= 4 is 0 Å². The molecule has 0 aromatic carbocycles. The number of aromatic nitrogens is 2. The van der Waals surface area contributed by atoms with E-state index in [1.165, 1.54) is 11.3 Å². The zero-order valence-corrected chi connectivity index (χ0v) is 9.12. The van der Waals surface area contributed by atoms with Gasteiger partial charge in [-0.2, -0.15) is 5.10 Å². The van der Waals surface area contributed by atoms with Crippen LogP contribution in [0.1, 0.15) is 18.2 Å². The van der Waals surface area contributed by atoms with Crippen LogP contribution in [-0.2, 0) is 13.6 Å². The third-order valence-corrected chi connectivity index (χ3v) is 2.46. The minimum absolute atomic E-state index is 0.235. The van der Waals surface area contributed by atoms with E-state index in [0.29, 0.717) is 5.92 Å². The van der Waals surface area contributed by atoms with Gasteiger partial charge in [-0.15, -0.1) is 0 Å². The lowest BCUT2D eigenvalue weighted by Crippen LogP contribution is -2.22. The Balaban J connectivity index is 2.35. The maximum atomic E-state index is 8.83. The molecule has 2 N–H and O–H groups in total. The molecule has 0 aliphatic rings. The van der Waals surface area contributed by atoms with Crippen molar-refractivity contribution in [1.29, 1.82) is 0 Å². The Hall–Kier alpha value is -0.870. The monoisotopic (exact) mass is 197 g/mol. The van der Waals surface area contributed by atoms with Gasteiger partial charge in [-0.3, -0.25) is 4.68 Å². The lowest BCUT2D eigenvalue weighted by atomic mass is 10.2. The summed E-state index contributed by atoms with van der Waals surface area (Å²) in [5, 5.41) is 16.3. The van der Waals surface area contributed by atoms with Crippen LogP contribution in [0.15, 0.2) is 6.20 Å². The Kier molecular flexibility index (Phi) is 4.10. The largest absolute Gasteiger partial charge is 0.396 e. The van der Waals surface area contributed by atoms with E-state index >= 15 is 0 Å². The van der Waals surface area contributed by atoms with Crippen LogP contribution in [-0.4, -0.2) is 28.0 Å². The highest BCUT2D eigenvalue weighted by atomic mass is 16.3. The topological polar surface area (TPSA) is 50.1 Å². The smallest absolute Gasteiger partial charge is 0.0537 e. The van der Waals surface area contributed by atoms with E-state index in [1.807, 2.05) is 24.9 Å². The average Bonchev–Trinajstić information content (AvgIpc) is 2.49. The summed E-state index contributed by atoms with van der Waals surface area (Å²) in [5.74, 6) is 0.312. The Morgan fingerprint density at radius 2 is 2.36 bits per heavy atom. The summed E-state index contributed by atoms with van der Waals surface area (Å²) >= 11 is 0. The van der Waals surface area contributed by atoms with Crippen LogP contribution in [0.25, 0.3) is 0 Å². The molecule has 0 amide bonds. The molecule has 1 aromatic heterocycles. The van der Waals surface area contributed by atoms with Gasteiger partial charge in [-0.25, -0.2) is 0 Å². The van der Waals surface area contributed by atoms with Crippen molar-refractivity contribution in [3.8, 4) is 0 Å². The molecule has 4 heteroatoms. The molecule has 80 valence electrons. The lowest BCUT2D eigenvalue weighted by molar-refractivity contribution is 0.233. The number of hydrogen-bond donors (Lipinski definition) is 2. The first-order valence-corrected chi connectivity index (χ1v) is 4.94. The number of nitrogens with zero attached hydrogens (tertiary/aromatic N) is 2. The quantitative estimate of drug-likeness (QED) is 0.720. The van der Waals surface area contributed by atoms with Gasteiger partial charge in [-0.05, 0) is 12.8 Å². The van der Waals surface area contributed by atoms with Crippen LogP contribution >= 0.6 is 0 Å². The molecule has 0 aliphatic carbocycles. The van der Waals surface area contributed by atoms with Gasteiger partial charge < -0.3 is 10.4 Å². The van der Waals surface area contributed by atoms with Gasteiger partial charge in [0.1, 0.15) is 0 Å². The van der Waals surface area contributed by atoms with E-state index in [4.69, 9.17) is 5.11 Å². The summed E-state index contributed by atoms with van der Waals surface area (Å²) in [6, 6.07) is 0. The van der Waals surface area contributed by atoms with Crippen molar-refractivity contribution < 1.29 is 5.11 Å². The van der Waals surface area contributed by atoms with E-state index in [0.717, 1.165) is 13.1 Å². The van der Waals surface area contributed by atoms with Crippen molar-refractivity contribution in [3.63, 3.8) is 0 Å². The maximum absolute atomic E-state index is 8.83. The fourth-order valence-electron chi connectivity index (χ4n) is 1.24. The molecular weight excluding hydrogens is 178 g/mol. The molecule has 0 saturated carbocycles. The fourth-order valence-corrected chi connectivity index (χ4v) is 1.24. The zero-order chi connectivity index (χ0) is 10.6. The summed E-state index contributed by atoms with van der Waals surface area (Å²) in [6.07, 6.45) is 1.88. The number of rotatable bonds is 5. The Bertz CT molecular complexity index is 283. The third kappa shape index (κ3) is 2.82. The molecule has 1 unspecified atom stereocenters. The van der Waals surface area contributed by atoms with Gasteiger partial charge in [0.05, 0.1) is 6.20 Å². The zero-order valence-electron chi connectivity index (χ0n) is 9.12. The van der Waals surface area contributed by atoms with Crippen LogP contribution in [0.3, 0.4) is 0 Å². The summed E-state index contributed by atoms with van der Waals surface area (Å²) in [4.78, 5) is 0. The Morgan fingerprint density at radius 1 is 1.64 bits per heavy atom. The highest BCUT2D eigenvalue weighted by Gasteiger charge is 2.04. The summed E-state index contributed by atoms with van der Waals surface area (Å²) in [7, 11) is 1.94. The summed E-state index contributed by atoms with van der Waals surface area (Å²) in [6.45, 7) is 5.97. The fraction of sp³-hybridized carbons (Fsp3) is 0.700. The highest BCUT2D eigenvalue weighted by molar-refractivity contribution is 5.15. The predicted molar refractivity (Wildman–Crippen MR) is 55.9 cm³/mol. The lowest BCUT2D eigenvalue weighted by Gasteiger charge is -2.08. The van der Waals surface area contributed by atoms with Crippen LogP contribution in [0, 0.1) is 12.8 Å². The van der Waals surface area contributed by atoms with Crippen molar-refractivity contribution in [2.24, 2.45) is 13.0 Å². The van der Waals surface area contributed by atoms with Crippen LogP contribution in [0.2, 0.25) is 0 Å². The maximum Gasteiger partial charge on any atom is 0.0537 e. The van der Waals surface area contributed by atoms with Crippen molar-refractivity contribution in [2.45, 2.75) is 20.4 Å². The second-order valence-electron chi connectivity index (χ2n) is 3.80. The van der Waals surface area contributed by atoms with Gasteiger partial charge in [0.15, 0.2) is 0 Å². The number of hydrogen-bond acceptors (Lipinski definition) is 3. The number of aliphatic hydroxyl groups is 1. The average molecular weight is 197 g/mol. The molecule has 1 atom stereocenters. The molecule has 0 saturated heterocycles. The van der Waals surface area contributed by atoms with E-state index in [9.17, 15) is 0 Å². The number of aliphatic hydroxyl groups excluding tert-OH is 1. The van der Waals surface area contributed by atoms with E-state index < -0.39 is 0 Å². The normalized spacial score (nSPS) is 13.1. The van der Waals surface area contributed by atoms with Crippen molar-refractivity contribution in [1.82, 2.24) is 15.1 Å². The number of nitrogens with one attached hydrogen (secondary N) is 1. The first-order valence-electron chi connectivity index (χ1n) is 4.94. The van der Waals surface area contributed by atoms with Gasteiger partial charge in [-0.1, -0.05) is 6.92 Å². The second-order valence-corrected chi connectivity index (χ2v) is 3.80. The van der Waals surface area contributed by atoms with Gasteiger partial charge >= 0.3 is 0 Å². The standard InChI is InChI=1S/C10H19N3O/c1-8(7-14)4-11-5-10-6-12-13(3)9(10)2/h6,8,11,14H,4-5,7H2,1-3H3. The molecule has 1 rings (SSSR count). The van der Waals surface area contributed by atoms with Gasteiger partial charge in [0.2, 0.25) is 0 Å². The molecule has 1 aromatic rings. The molecule has 14 heavy (non-hydrogen) atoms. The van der Waals surface area contributed by atoms with Crippen molar-refractivity contribution in [3.05, 3.63) is 17.5 Å². The van der Waals surface area contributed by atoms with Gasteiger partial charge in [0, 0.05) is 38.0 Å².